The predicted octanol–water partition coefficient (Wildman–Crippen LogP) is 5.65. The zero-order chi connectivity index (χ0) is 20.7. The lowest BCUT2D eigenvalue weighted by atomic mass is 9.84. The molecule has 1 fully saturated rings. The number of nitrogens with two attached hydrogens (primary N) is 1. The Hall–Kier alpha value is -0.870. The second kappa shape index (κ2) is 15.0. The third kappa shape index (κ3) is 11.9. The maximum atomic E-state index is 12.1. The van der Waals surface area contributed by atoms with Crippen molar-refractivity contribution in [2.24, 2.45) is 5.73 Å². The molecule has 0 aromatic heterocycles. The summed E-state index contributed by atoms with van der Waals surface area (Å²) in [4.78, 5) is 12.1. The normalized spacial score (nSPS) is 18.8. The fourth-order valence-electron chi connectivity index (χ4n) is 4.16. The Bertz CT molecular complexity index is 432. The van der Waals surface area contributed by atoms with Gasteiger partial charge in [0.15, 0.2) is 0 Å². The molecule has 0 aliphatic carbocycles. The SMILES string of the molecule is C=C(C)OCCCCCCCCC(N)(CCCCCCC1CCCN1)C(C)=O. The van der Waals surface area contributed by atoms with E-state index in [1.807, 2.05) is 6.92 Å². The molecule has 164 valence electrons. The van der Waals surface area contributed by atoms with Crippen molar-refractivity contribution in [3.63, 3.8) is 0 Å². The molecular weight excluding hydrogens is 348 g/mol. The van der Waals surface area contributed by atoms with Crippen LogP contribution < -0.4 is 11.1 Å². The third-order valence-corrected chi connectivity index (χ3v) is 6.15. The van der Waals surface area contributed by atoms with Crippen LogP contribution in [0.3, 0.4) is 0 Å². The summed E-state index contributed by atoms with van der Waals surface area (Å²) in [6.07, 6.45) is 17.5. The van der Waals surface area contributed by atoms with Crippen LogP contribution in [-0.2, 0) is 9.53 Å². The van der Waals surface area contributed by atoms with Crippen LogP contribution >= 0.6 is 0 Å². The van der Waals surface area contributed by atoms with Gasteiger partial charge in [-0.15, -0.1) is 0 Å². The van der Waals surface area contributed by atoms with Crippen LogP contribution in [0.5, 0.6) is 0 Å². The number of rotatable bonds is 18. The van der Waals surface area contributed by atoms with Gasteiger partial charge < -0.3 is 15.8 Å². The molecule has 1 saturated heterocycles. The molecule has 4 nitrogen and oxygen atoms in total. The predicted molar refractivity (Wildman–Crippen MR) is 119 cm³/mol. The van der Waals surface area contributed by atoms with E-state index in [4.69, 9.17) is 10.5 Å². The molecule has 1 aliphatic heterocycles. The molecule has 0 saturated carbocycles. The molecule has 28 heavy (non-hydrogen) atoms. The minimum atomic E-state index is -0.595. The Morgan fingerprint density at radius 3 is 2.11 bits per heavy atom. The van der Waals surface area contributed by atoms with Crippen molar-refractivity contribution in [1.82, 2.24) is 5.32 Å². The van der Waals surface area contributed by atoms with Gasteiger partial charge in [-0.1, -0.05) is 64.4 Å². The largest absolute Gasteiger partial charge is 0.499 e. The number of carbonyl (C=O) groups excluding carboxylic acids is 1. The summed E-state index contributed by atoms with van der Waals surface area (Å²) in [7, 11) is 0. The first-order valence-corrected chi connectivity index (χ1v) is 11.8. The Morgan fingerprint density at radius 2 is 1.57 bits per heavy atom. The van der Waals surface area contributed by atoms with Gasteiger partial charge in [-0.05, 0) is 58.9 Å². The molecule has 0 bridgehead atoms. The summed E-state index contributed by atoms with van der Waals surface area (Å²) < 4.78 is 5.38. The number of carbonyl (C=O) groups is 1. The first-order chi connectivity index (χ1) is 13.4. The highest BCUT2D eigenvalue weighted by molar-refractivity contribution is 5.85. The second-order valence-corrected chi connectivity index (χ2v) is 8.88. The highest BCUT2D eigenvalue weighted by Gasteiger charge is 2.29. The van der Waals surface area contributed by atoms with Crippen molar-refractivity contribution in [3.8, 4) is 0 Å². The lowest BCUT2D eigenvalue weighted by Crippen LogP contribution is -2.46. The summed E-state index contributed by atoms with van der Waals surface area (Å²) in [5.41, 5.74) is 5.88. The Morgan fingerprint density at radius 1 is 1.00 bits per heavy atom. The van der Waals surface area contributed by atoms with Crippen molar-refractivity contribution >= 4 is 5.78 Å². The summed E-state index contributed by atoms with van der Waals surface area (Å²) in [5, 5.41) is 3.56. The van der Waals surface area contributed by atoms with Crippen molar-refractivity contribution in [2.75, 3.05) is 13.2 Å². The fourth-order valence-corrected chi connectivity index (χ4v) is 4.16. The van der Waals surface area contributed by atoms with E-state index in [0.717, 1.165) is 50.5 Å². The van der Waals surface area contributed by atoms with E-state index in [-0.39, 0.29) is 5.78 Å². The minimum absolute atomic E-state index is 0.166. The molecule has 0 radical (unpaired) electrons. The van der Waals surface area contributed by atoms with Crippen LogP contribution in [0.4, 0.5) is 0 Å². The zero-order valence-electron chi connectivity index (χ0n) is 18.7. The molecule has 1 heterocycles. The molecular formula is C24H46N2O2. The first kappa shape index (κ1) is 25.2. The van der Waals surface area contributed by atoms with Crippen LogP contribution in [0.25, 0.3) is 0 Å². The van der Waals surface area contributed by atoms with E-state index in [1.165, 1.54) is 70.8 Å². The molecule has 1 aliphatic rings. The Balaban J connectivity index is 2.03. The van der Waals surface area contributed by atoms with Gasteiger partial charge >= 0.3 is 0 Å². The quantitative estimate of drug-likeness (QED) is 0.233. The summed E-state index contributed by atoms with van der Waals surface area (Å²) in [5.74, 6) is 0.967. The van der Waals surface area contributed by atoms with Crippen LogP contribution in [0.2, 0.25) is 0 Å². The molecule has 3 N–H and O–H groups in total. The van der Waals surface area contributed by atoms with Crippen LogP contribution in [0, 0.1) is 0 Å². The number of nitrogens with one attached hydrogen (secondary N) is 1. The third-order valence-electron chi connectivity index (χ3n) is 6.15. The number of hydrogen-bond acceptors (Lipinski definition) is 4. The summed E-state index contributed by atoms with van der Waals surface area (Å²) in [6.45, 7) is 9.28. The fraction of sp³-hybridized carbons (Fsp3) is 0.875. The average Bonchev–Trinajstić information content (AvgIpc) is 3.16. The van der Waals surface area contributed by atoms with E-state index in [0.29, 0.717) is 0 Å². The van der Waals surface area contributed by atoms with Gasteiger partial charge in [0.25, 0.3) is 0 Å². The number of ether oxygens (including phenoxy) is 1. The number of Topliss-reactive ketones (excluding diaryl/α,β-unsaturated/α-hetero) is 1. The van der Waals surface area contributed by atoms with Crippen LogP contribution in [0.1, 0.15) is 110 Å². The van der Waals surface area contributed by atoms with Crippen LogP contribution in [0.15, 0.2) is 12.3 Å². The number of hydrogen-bond donors (Lipinski definition) is 2. The number of allylic oxidation sites excluding steroid dienone is 1. The van der Waals surface area contributed by atoms with Crippen molar-refractivity contribution in [1.29, 1.82) is 0 Å². The smallest absolute Gasteiger partial charge is 0.149 e. The van der Waals surface area contributed by atoms with Crippen molar-refractivity contribution < 1.29 is 9.53 Å². The summed E-state index contributed by atoms with van der Waals surface area (Å²) >= 11 is 0. The standard InChI is InChI=1S/C24H46N2O2/c1-21(2)28-20-13-9-5-4-7-11-17-24(25,22(3)27)18-12-8-6-10-15-23-16-14-19-26-23/h23,26H,1,4-20,25H2,2-3H3. The van der Waals surface area contributed by atoms with Crippen molar-refractivity contribution in [2.45, 2.75) is 122 Å². The van der Waals surface area contributed by atoms with Gasteiger partial charge in [-0.2, -0.15) is 0 Å². The van der Waals surface area contributed by atoms with Gasteiger partial charge in [0.05, 0.1) is 17.9 Å². The molecule has 0 aromatic carbocycles. The van der Waals surface area contributed by atoms with Gasteiger partial charge in [-0.25, -0.2) is 0 Å². The van der Waals surface area contributed by atoms with Crippen LogP contribution in [-0.4, -0.2) is 30.5 Å². The van der Waals surface area contributed by atoms with E-state index in [2.05, 4.69) is 11.9 Å². The average molecular weight is 395 g/mol. The maximum absolute atomic E-state index is 12.1. The van der Waals surface area contributed by atoms with Gasteiger partial charge in [-0.3, -0.25) is 4.79 Å². The lowest BCUT2D eigenvalue weighted by Gasteiger charge is -2.27. The minimum Gasteiger partial charge on any atom is -0.499 e. The number of ketones is 1. The molecule has 2 unspecified atom stereocenters. The van der Waals surface area contributed by atoms with E-state index in [9.17, 15) is 4.79 Å². The molecule has 1 rings (SSSR count). The highest BCUT2D eigenvalue weighted by Crippen LogP contribution is 2.22. The van der Waals surface area contributed by atoms with Crippen molar-refractivity contribution in [3.05, 3.63) is 12.3 Å². The molecule has 2 atom stereocenters. The van der Waals surface area contributed by atoms with E-state index < -0.39 is 5.54 Å². The molecule has 4 heteroatoms. The number of unbranched alkanes of at least 4 members (excludes halogenated alkanes) is 8. The van der Waals surface area contributed by atoms with E-state index in [1.54, 1.807) is 6.92 Å². The van der Waals surface area contributed by atoms with Gasteiger partial charge in [0, 0.05) is 6.04 Å². The zero-order valence-corrected chi connectivity index (χ0v) is 18.7. The maximum Gasteiger partial charge on any atom is 0.149 e. The van der Waals surface area contributed by atoms with E-state index >= 15 is 0 Å². The molecule has 0 aromatic rings. The molecule has 0 amide bonds. The summed E-state index contributed by atoms with van der Waals surface area (Å²) in [6, 6.07) is 0.754. The lowest BCUT2D eigenvalue weighted by molar-refractivity contribution is -0.122. The topological polar surface area (TPSA) is 64.3 Å². The molecule has 0 spiro atoms. The second-order valence-electron chi connectivity index (χ2n) is 8.88. The Kier molecular flexibility index (Phi) is 13.5. The monoisotopic (exact) mass is 394 g/mol. The van der Waals surface area contributed by atoms with Gasteiger partial charge in [0.2, 0.25) is 0 Å². The van der Waals surface area contributed by atoms with Gasteiger partial charge in [0.1, 0.15) is 5.78 Å². The first-order valence-electron chi connectivity index (χ1n) is 11.8. The highest BCUT2D eigenvalue weighted by atomic mass is 16.5. The Labute approximate surface area is 174 Å².